The smallest absolute Gasteiger partial charge is 0.377 e. The Morgan fingerprint density at radius 2 is 2.12 bits per heavy atom. The Hall–Kier alpha value is -2.78. The molecule has 0 aromatic carbocycles. The van der Waals surface area contributed by atoms with Gasteiger partial charge in [0.2, 0.25) is 5.84 Å². The number of alkyl halides is 3. The lowest BCUT2D eigenvalue weighted by molar-refractivity contribution is -0.385. The van der Waals surface area contributed by atoms with E-state index in [0.29, 0.717) is 25.0 Å². The van der Waals surface area contributed by atoms with E-state index < -0.39 is 24.3 Å². The fourth-order valence-electron chi connectivity index (χ4n) is 2.85. The second-order valence-corrected chi connectivity index (χ2v) is 5.66. The first-order chi connectivity index (χ1) is 11.9. The topological polar surface area (TPSA) is 100 Å². The number of H-pyrrole nitrogens is 1. The van der Waals surface area contributed by atoms with Gasteiger partial charge in [0, 0.05) is 17.3 Å². The summed E-state index contributed by atoms with van der Waals surface area (Å²) >= 11 is 0. The Bertz CT molecular complexity index is 813. The number of amides is 1. The van der Waals surface area contributed by atoms with Crippen molar-refractivity contribution in [1.29, 1.82) is 0 Å². The van der Waals surface area contributed by atoms with Crippen molar-refractivity contribution in [3.8, 4) is 0 Å². The van der Waals surface area contributed by atoms with Crippen LogP contribution in [0, 0.1) is 0 Å². The lowest BCUT2D eigenvalue weighted by Crippen LogP contribution is -2.27. The van der Waals surface area contributed by atoms with Gasteiger partial charge in [-0.05, 0) is 30.7 Å². The van der Waals surface area contributed by atoms with E-state index in [-0.39, 0.29) is 17.2 Å². The highest BCUT2D eigenvalue weighted by Gasteiger charge is 2.39. The van der Waals surface area contributed by atoms with E-state index in [1.807, 2.05) is 0 Å². The summed E-state index contributed by atoms with van der Waals surface area (Å²) in [5.74, 6) is -0.627. The van der Waals surface area contributed by atoms with E-state index in [1.165, 1.54) is 6.20 Å². The maximum Gasteiger partial charge on any atom is 0.435 e. The fraction of sp³-hybridized carbons (Fsp3) is 0.400. The number of carbonyl (C=O) groups is 1. The number of nitrogens with one attached hydrogen (secondary N) is 1. The number of rotatable bonds is 3. The molecular formula is C15H16F3N6O+. The highest BCUT2D eigenvalue weighted by atomic mass is 19.4. The van der Waals surface area contributed by atoms with E-state index in [2.05, 4.69) is 20.1 Å². The quantitative estimate of drug-likeness (QED) is 0.655. The second-order valence-electron chi connectivity index (χ2n) is 5.66. The van der Waals surface area contributed by atoms with Crippen LogP contribution >= 0.6 is 0 Å². The molecule has 0 saturated carbocycles. The molecule has 0 fully saturated rings. The number of aromatic nitrogens is 4. The van der Waals surface area contributed by atoms with E-state index in [1.54, 1.807) is 12.3 Å². The maximum atomic E-state index is 13.1. The number of nitrogens with zero attached hydrogens (tertiary/aromatic N) is 4. The molecule has 3 N–H and O–H groups in total. The maximum absolute atomic E-state index is 13.1. The molecule has 7 nitrogen and oxygen atoms in total. The minimum Gasteiger partial charge on any atom is -0.377 e. The third kappa shape index (κ3) is 3.67. The van der Waals surface area contributed by atoms with E-state index in [9.17, 15) is 18.0 Å². The summed E-state index contributed by atoms with van der Waals surface area (Å²) < 4.78 is 40.5. The van der Waals surface area contributed by atoms with Crippen molar-refractivity contribution in [2.24, 2.45) is 10.7 Å². The lowest BCUT2D eigenvalue weighted by Gasteiger charge is -2.14. The third-order valence-corrected chi connectivity index (χ3v) is 3.90. The van der Waals surface area contributed by atoms with Gasteiger partial charge in [0.15, 0.2) is 5.69 Å². The van der Waals surface area contributed by atoms with E-state index >= 15 is 0 Å². The average molecular weight is 353 g/mol. The van der Waals surface area contributed by atoms with Gasteiger partial charge in [-0.2, -0.15) is 23.3 Å². The molecule has 0 radical (unpaired) electrons. The Morgan fingerprint density at radius 1 is 1.36 bits per heavy atom. The number of hydrogen-bond donors (Lipinski definition) is 1. The molecule has 0 aliphatic heterocycles. The van der Waals surface area contributed by atoms with Gasteiger partial charge >= 0.3 is 12.0 Å². The highest BCUT2D eigenvalue weighted by molar-refractivity contribution is 6.00. The normalized spacial score (nSPS) is 15.1. The Labute approximate surface area is 140 Å². The van der Waals surface area contributed by atoms with Crippen molar-refractivity contribution in [2.45, 2.75) is 38.4 Å². The van der Waals surface area contributed by atoms with Crippen LogP contribution in [0.1, 0.15) is 35.6 Å². The van der Waals surface area contributed by atoms with Gasteiger partial charge in [0.1, 0.15) is 12.7 Å². The number of carbonyl (C=O) groups excluding carboxylic acids is 1. The fourth-order valence-corrected chi connectivity index (χ4v) is 2.85. The molecule has 0 bridgehead atoms. The summed E-state index contributed by atoms with van der Waals surface area (Å²) in [6.45, 7) is -0.397. The van der Waals surface area contributed by atoms with Crippen molar-refractivity contribution in [2.75, 3.05) is 0 Å². The number of aliphatic imine (C=N–C) groups is 1. The van der Waals surface area contributed by atoms with Crippen molar-refractivity contribution in [1.82, 2.24) is 14.8 Å². The van der Waals surface area contributed by atoms with Crippen LogP contribution in [0.5, 0.6) is 0 Å². The molecule has 25 heavy (non-hydrogen) atoms. The molecule has 0 atom stereocenters. The standard InChI is InChI=1S/C15H15F3N6O/c16-15(17,18)12-9-4-1-2-5-10(9)24(23-12)8-11(25)22-13(19)14-20-6-3-7-21-14/h3,6-7H,1-2,4-5,8H2,(H2,19,22,25)/p+1. The van der Waals surface area contributed by atoms with Gasteiger partial charge in [-0.3, -0.25) is 9.48 Å². The molecular weight excluding hydrogens is 337 g/mol. The zero-order valence-electron chi connectivity index (χ0n) is 13.2. The van der Waals surface area contributed by atoms with Gasteiger partial charge in [-0.25, -0.2) is 4.98 Å². The minimum atomic E-state index is -4.54. The zero-order valence-corrected chi connectivity index (χ0v) is 13.2. The number of halogens is 3. The molecule has 1 amide bonds. The minimum absolute atomic E-state index is 0.136. The van der Waals surface area contributed by atoms with Gasteiger partial charge in [-0.15, -0.1) is 0 Å². The van der Waals surface area contributed by atoms with Crippen LogP contribution in [0.4, 0.5) is 13.2 Å². The SMILES string of the molecule is NC(=NC(=O)Cn1nc(C(F)(F)F)c2c1CCCC2)c1nccc[nH+]1. The summed E-state index contributed by atoms with van der Waals surface area (Å²) in [6.07, 6.45) is 0.703. The van der Waals surface area contributed by atoms with Crippen molar-refractivity contribution < 1.29 is 22.9 Å². The van der Waals surface area contributed by atoms with Crippen molar-refractivity contribution in [3.63, 3.8) is 0 Å². The van der Waals surface area contributed by atoms with Crippen molar-refractivity contribution >= 4 is 11.7 Å². The Balaban J connectivity index is 1.86. The molecule has 2 aromatic rings. The Kier molecular flexibility index (Phi) is 4.51. The first kappa shape index (κ1) is 17.1. The predicted octanol–water partition coefficient (Wildman–Crippen LogP) is 0.922. The zero-order chi connectivity index (χ0) is 18.0. The molecule has 1 aliphatic carbocycles. The molecule has 0 unspecified atom stereocenters. The summed E-state index contributed by atoms with van der Waals surface area (Å²) in [4.78, 5) is 22.4. The molecule has 0 spiro atoms. The Morgan fingerprint density at radius 3 is 2.80 bits per heavy atom. The summed E-state index contributed by atoms with van der Waals surface area (Å²) in [7, 11) is 0. The van der Waals surface area contributed by atoms with E-state index in [0.717, 1.165) is 11.1 Å². The molecule has 2 aromatic heterocycles. The predicted molar refractivity (Wildman–Crippen MR) is 80.4 cm³/mol. The largest absolute Gasteiger partial charge is 0.435 e. The molecule has 2 heterocycles. The van der Waals surface area contributed by atoms with Gasteiger partial charge in [-0.1, -0.05) is 0 Å². The van der Waals surface area contributed by atoms with E-state index in [4.69, 9.17) is 5.73 Å². The van der Waals surface area contributed by atoms with Crippen LogP contribution in [-0.4, -0.2) is 26.5 Å². The van der Waals surface area contributed by atoms with Crippen LogP contribution in [-0.2, 0) is 30.4 Å². The molecule has 3 rings (SSSR count). The van der Waals surface area contributed by atoms with Crippen LogP contribution < -0.4 is 10.7 Å². The summed E-state index contributed by atoms with van der Waals surface area (Å²) in [5.41, 5.74) is 5.41. The molecule has 10 heteroatoms. The number of aromatic amines is 1. The highest BCUT2D eigenvalue weighted by Crippen LogP contribution is 2.35. The van der Waals surface area contributed by atoms with Gasteiger partial charge in [0.05, 0.1) is 6.20 Å². The number of hydrogen-bond acceptors (Lipinski definition) is 3. The monoisotopic (exact) mass is 353 g/mol. The van der Waals surface area contributed by atoms with Crippen LogP contribution in [0.25, 0.3) is 0 Å². The number of fused-ring (bicyclic) bond motifs is 1. The van der Waals surface area contributed by atoms with Gasteiger partial charge < -0.3 is 5.73 Å². The molecule has 132 valence electrons. The van der Waals surface area contributed by atoms with Crippen LogP contribution in [0.2, 0.25) is 0 Å². The first-order valence-electron chi connectivity index (χ1n) is 7.72. The number of amidine groups is 1. The van der Waals surface area contributed by atoms with Crippen molar-refractivity contribution in [3.05, 3.63) is 41.2 Å². The summed E-state index contributed by atoms with van der Waals surface area (Å²) in [6, 6.07) is 1.63. The van der Waals surface area contributed by atoms with Gasteiger partial charge in [0.25, 0.3) is 5.91 Å². The third-order valence-electron chi connectivity index (χ3n) is 3.90. The first-order valence-corrected chi connectivity index (χ1v) is 7.72. The average Bonchev–Trinajstić information content (AvgIpc) is 2.94. The molecule has 1 aliphatic rings. The molecule has 0 saturated heterocycles. The summed E-state index contributed by atoms with van der Waals surface area (Å²) in [5, 5.41) is 3.62. The van der Waals surface area contributed by atoms with Crippen LogP contribution in [0.15, 0.2) is 23.5 Å². The van der Waals surface area contributed by atoms with Crippen LogP contribution in [0.3, 0.4) is 0 Å². The number of nitrogens with two attached hydrogens (primary N) is 1. The lowest BCUT2D eigenvalue weighted by atomic mass is 9.95. The second kappa shape index (κ2) is 6.61.